The fourth-order valence-corrected chi connectivity index (χ4v) is 5.45. The van der Waals surface area contributed by atoms with Gasteiger partial charge in [-0.3, -0.25) is 9.52 Å². The molecular formula is C28H31F3N4O5S. The van der Waals surface area contributed by atoms with Gasteiger partial charge in [0.2, 0.25) is 0 Å². The van der Waals surface area contributed by atoms with Gasteiger partial charge in [-0.2, -0.15) is 13.2 Å². The molecule has 1 fully saturated rings. The molecule has 0 radical (unpaired) electrons. The van der Waals surface area contributed by atoms with Crippen LogP contribution >= 0.6 is 0 Å². The smallest absolute Gasteiger partial charge is 0.475 e. The third-order valence-electron chi connectivity index (χ3n) is 6.17. The first kappa shape index (κ1) is 31.4. The minimum Gasteiger partial charge on any atom is -0.475 e. The van der Waals surface area contributed by atoms with Crippen LogP contribution in [0.15, 0.2) is 77.7 Å². The lowest BCUT2D eigenvalue weighted by Crippen LogP contribution is -2.44. The van der Waals surface area contributed by atoms with Gasteiger partial charge in [-0.05, 0) is 42.3 Å². The first-order valence-corrected chi connectivity index (χ1v) is 14.1. The van der Waals surface area contributed by atoms with Crippen molar-refractivity contribution in [2.75, 3.05) is 42.8 Å². The fourth-order valence-electron chi connectivity index (χ4n) is 4.16. The van der Waals surface area contributed by atoms with E-state index in [2.05, 4.69) is 14.9 Å². The third kappa shape index (κ3) is 8.69. The molecule has 1 aliphatic heterocycles. The summed E-state index contributed by atoms with van der Waals surface area (Å²) in [4.78, 5) is 26.5. The zero-order valence-corrected chi connectivity index (χ0v) is 23.3. The maximum atomic E-state index is 13.6. The van der Waals surface area contributed by atoms with Gasteiger partial charge in [-0.1, -0.05) is 48.5 Å². The number of carbonyl (C=O) groups is 2. The number of piperazine rings is 1. The van der Waals surface area contributed by atoms with Gasteiger partial charge in [0.25, 0.3) is 15.9 Å². The van der Waals surface area contributed by atoms with Crippen molar-refractivity contribution in [1.82, 2.24) is 10.2 Å². The molecule has 220 valence electrons. The van der Waals surface area contributed by atoms with Crippen molar-refractivity contribution in [2.24, 2.45) is 0 Å². The number of nitrogens with one attached hydrogen (secondary N) is 2. The van der Waals surface area contributed by atoms with Crippen LogP contribution in [-0.2, 0) is 21.4 Å². The van der Waals surface area contributed by atoms with Crippen molar-refractivity contribution < 1.29 is 36.3 Å². The lowest BCUT2D eigenvalue weighted by atomic mass is 10.1. The van der Waals surface area contributed by atoms with E-state index in [1.165, 1.54) is 0 Å². The van der Waals surface area contributed by atoms with Crippen LogP contribution in [0.25, 0.3) is 0 Å². The second-order valence-corrected chi connectivity index (χ2v) is 10.9. The Labute approximate surface area is 236 Å². The molecule has 0 aromatic heterocycles. The molecule has 0 saturated carbocycles. The summed E-state index contributed by atoms with van der Waals surface area (Å²) in [5.74, 6) is -2.91. The third-order valence-corrected chi connectivity index (χ3v) is 7.71. The average Bonchev–Trinajstić information content (AvgIpc) is 2.93. The molecule has 9 nitrogen and oxygen atoms in total. The van der Waals surface area contributed by atoms with E-state index in [4.69, 9.17) is 9.90 Å². The van der Waals surface area contributed by atoms with Gasteiger partial charge in [0, 0.05) is 51.1 Å². The fraction of sp³-hybridized carbons (Fsp3) is 0.286. The molecule has 0 unspecified atom stereocenters. The Balaban J connectivity index is 0.000000587. The van der Waals surface area contributed by atoms with Gasteiger partial charge in [0.15, 0.2) is 0 Å². The summed E-state index contributed by atoms with van der Waals surface area (Å²) in [6.07, 6.45) is -5.08. The molecule has 1 heterocycles. The number of anilines is 2. The molecule has 41 heavy (non-hydrogen) atoms. The van der Waals surface area contributed by atoms with Crippen molar-refractivity contribution in [3.05, 3.63) is 89.5 Å². The predicted octanol–water partition coefficient (Wildman–Crippen LogP) is 4.11. The molecule has 0 aliphatic carbocycles. The molecule has 0 atom stereocenters. The van der Waals surface area contributed by atoms with E-state index in [1.54, 1.807) is 55.3 Å². The number of hydrogen-bond acceptors (Lipinski definition) is 6. The molecular weight excluding hydrogens is 561 g/mol. The standard InChI is InChI=1S/C26H30N4O3S.C2HF3O2/c1-20-8-6-7-11-25(20)34(32,33)28-22-12-13-24(30-16-14-27-15-17-30)23(18-22)26(31)29(2)19-21-9-4-3-5-10-21;3-2(4,5)1(6)7/h3-13,18,27-28H,14-17,19H2,1-2H3;(H,6,7). The normalized spacial score (nSPS) is 13.5. The van der Waals surface area contributed by atoms with Crippen molar-refractivity contribution in [1.29, 1.82) is 0 Å². The van der Waals surface area contributed by atoms with Gasteiger partial charge in [0.1, 0.15) is 0 Å². The van der Waals surface area contributed by atoms with Crippen molar-refractivity contribution in [3.63, 3.8) is 0 Å². The Morgan fingerprint density at radius 2 is 1.59 bits per heavy atom. The van der Waals surface area contributed by atoms with E-state index in [1.807, 2.05) is 36.4 Å². The van der Waals surface area contributed by atoms with Gasteiger partial charge < -0.3 is 20.2 Å². The van der Waals surface area contributed by atoms with Crippen molar-refractivity contribution >= 4 is 33.3 Å². The highest BCUT2D eigenvalue weighted by atomic mass is 32.2. The largest absolute Gasteiger partial charge is 0.490 e. The van der Waals surface area contributed by atoms with E-state index in [-0.39, 0.29) is 10.8 Å². The summed E-state index contributed by atoms with van der Waals surface area (Å²) >= 11 is 0. The van der Waals surface area contributed by atoms with E-state index >= 15 is 0 Å². The Morgan fingerprint density at radius 1 is 1.00 bits per heavy atom. The quantitative estimate of drug-likeness (QED) is 0.378. The molecule has 3 N–H and O–H groups in total. The first-order valence-electron chi connectivity index (χ1n) is 12.6. The van der Waals surface area contributed by atoms with Gasteiger partial charge >= 0.3 is 12.1 Å². The molecule has 3 aromatic carbocycles. The average molecular weight is 593 g/mol. The van der Waals surface area contributed by atoms with E-state index in [9.17, 15) is 26.4 Å². The minimum atomic E-state index is -5.08. The summed E-state index contributed by atoms with van der Waals surface area (Å²) in [5.41, 5.74) is 3.33. The minimum absolute atomic E-state index is 0.158. The number of carbonyl (C=O) groups excluding carboxylic acids is 1. The Hall–Kier alpha value is -4.10. The first-order chi connectivity index (χ1) is 19.3. The zero-order chi connectivity index (χ0) is 30.2. The van der Waals surface area contributed by atoms with Crippen LogP contribution in [0.2, 0.25) is 0 Å². The van der Waals surface area contributed by atoms with Crippen LogP contribution in [-0.4, -0.2) is 69.7 Å². The second kappa shape index (κ2) is 13.5. The van der Waals surface area contributed by atoms with Crippen molar-refractivity contribution in [2.45, 2.75) is 24.5 Å². The maximum Gasteiger partial charge on any atom is 0.490 e. The van der Waals surface area contributed by atoms with Gasteiger partial charge in [-0.15, -0.1) is 0 Å². The molecule has 0 bridgehead atoms. The summed E-state index contributed by atoms with van der Waals surface area (Å²) in [6, 6.07) is 21.8. The summed E-state index contributed by atoms with van der Waals surface area (Å²) in [7, 11) is -2.03. The maximum absolute atomic E-state index is 13.6. The van der Waals surface area contributed by atoms with Crippen LogP contribution < -0.4 is 14.9 Å². The number of nitrogens with zero attached hydrogens (tertiary/aromatic N) is 2. The topological polar surface area (TPSA) is 119 Å². The number of hydrogen-bond donors (Lipinski definition) is 3. The molecule has 1 amide bonds. The van der Waals surface area contributed by atoms with Crippen LogP contribution in [0.4, 0.5) is 24.5 Å². The lowest BCUT2D eigenvalue weighted by Gasteiger charge is -2.32. The number of halogens is 3. The van der Waals surface area contributed by atoms with Crippen LogP contribution in [0.3, 0.4) is 0 Å². The highest BCUT2D eigenvalue weighted by Crippen LogP contribution is 2.28. The molecule has 1 saturated heterocycles. The number of aliphatic carboxylic acids is 1. The second-order valence-electron chi connectivity index (χ2n) is 9.29. The van der Waals surface area contributed by atoms with E-state index in [0.717, 1.165) is 37.4 Å². The van der Waals surface area contributed by atoms with Crippen LogP contribution in [0, 0.1) is 6.92 Å². The number of amides is 1. The zero-order valence-electron chi connectivity index (χ0n) is 22.5. The number of benzene rings is 3. The van der Waals surface area contributed by atoms with Crippen LogP contribution in [0.1, 0.15) is 21.5 Å². The number of carboxylic acid groups (broad SMARTS) is 1. The highest BCUT2D eigenvalue weighted by molar-refractivity contribution is 7.92. The molecule has 1 aliphatic rings. The lowest BCUT2D eigenvalue weighted by molar-refractivity contribution is -0.192. The predicted molar refractivity (Wildman–Crippen MR) is 149 cm³/mol. The monoisotopic (exact) mass is 592 g/mol. The van der Waals surface area contributed by atoms with Crippen molar-refractivity contribution in [3.8, 4) is 0 Å². The number of rotatable bonds is 7. The number of carboxylic acids is 1. The summed E-state index contributed by atoms with van der Waals surface area (Å²) in [6.45, 7) is 5.42. The highest BCUT2D eigenvalue weighted by Gasteiger charge is 2.38. The summed E-state index contributed by atoms with van der Waals surface area (Å²) < 4.78 is 60.5. The molecule has 3 aromatic rings. The Morgan fingerprint density at radius 3 is 2.17 bits per heavy atom. The summed E-state index contributed by atoms with van der Waals surface area (Å²) in [5, 5.41) is 10.5. The number of sulfonamides is 1. The van der Waals surface area contributed by atoms with E-state index < -0.39 is 22.2 Å². The Bertz CT molecular complexity index is 1460. The number of aryl methyl sites for hydroxylation is 1. The van der Waals surface area contributed by atoms with Gasteiger partial charge in [0.05, 0.1) is 10.5 Å². The number of alkyl halides is 3. The van der Waals surface area contributed by atoms with E-state index in [0.29, 0.717) is 23.4 Å². The SMILES string of the molecule is Cc1ccccc1S(=O)(=O)Nc1ccc(N2CCNCC2)c(C(=O)N(C)Cc2ccccc2)c1.O=C(O)C(F)(F)F. The molecule has 0 spiro atoms. The van der Waals surface area contributed by atoms with Gasteiger partial charge in [-0.25, -0.2) is 13.2 Å². The molecule has 13 heteroatoms. The molecule has 4 rings (SSSR count). The Kier molecular flexibility index (Phi) is 10.4. The van der Waals surface area contributed by atoms with Crippen LogP contribution in [0.5, 0.6) is 0 Å².